The van der Waals surface area contributed by atoms with Gasteiger partial charge in [-0.05, 0) is 40.8 Å². The van der Waals surface area contributed by atoms with Gasteiger partial charge in [-0.2, -0.15) is 4.98 Å². The first-order valence-corrected chi connectivity index (χ1v) is 7.26. The monoisotopic (exact) mass is 361 g/mol. The molecule has 3 rings (SSSR count). The van der Waals surface area contributed by atoms with E-state index in [1.807, 2.05) is 18.2 Å². The Balaban J connectivity index is 0.000000188. The first kappa shape index (κ1) is 19.7. The summed E-state index contributed by atoms with van der Waals surface area (Å²) in [5.74, 6) is -0.194. The molecule has 0 radical (unpaired) electrons. The van der Waals surface area contributed by atoms with E-state index in [4.69, 9.17) is 23.1 Å². The van der Waals surface area contributed by atoms with Crippen molar-refractivity contribution < 1.29 is 9.72 Å². The third kappa shape index (κ3) is 8.14. The number of nitrogens with zero attached hydrogens (tertiary/aromatic N) is 2. The van der Waals surface area contributed by atoms with Crippen molar-refractivity contribution in [1.82, 2.24) is 9.97 Å². The van der Waals surface area contributed by atoms with E-state index in [-0.39, 0.29) is 11.1 Å². The second-order valence-electron chi connectivity index (χ2n) is 4.51. The summed E-state index contributed by atoms with van der Waals surface area (Å²) < 4.78 is 0. The summed E-state index contributed by atoms with van der Waals surface area (Å²) in [5.41, 5.74) is 13.0. The van der Waals surface area contributed by atoms with E-state index in [0.717, 1.165) is 29.4 Å². The Morgan fingerprint density at radius 1 is 1.04 bits per heavy atom. The summed E-state index contributed by atoms with van der Waals surface area (Å²) in [6.45, 7) is 0. The van der Waals surface area contributed by atoms with Crippen molar-refractivity contribution in [1.29, 1.82) is 0 Å². The van der Waals surface area contributed by atoms with Crippen LogP contribution in [0.1, 0.15) is 10.4 Å². The fraction of sp³-hybridized carbons (Fsp3) is 0. The molecule has 130 valence electrons. The number of H-pyrrole nitrogens is 1. The summed E-state index contributed by atoms with van der Waals surface area (Å²) in [6.07, 6.45) is 1.89. The van der Waals surface area contributed by atoms with Crippen molar-refractivity contribution in [2.75, 3.05) is 11.5 Å². The molecule has 0 atom stereocenters. The molecule has 25 heavy (non-hydrogen) atoms. The number of imidazole rings is 1. The normalized spacial score (nSPS) is 9.00. The molecule has 0 aliphatic carbocycles. The molecule has 0 aliphatic rings. The van der Waals surface area contributed by atoms with E-state index < -0.39 is 4.92 Å². The number of aldehydes is 1. The van der Waals surface area contributed by atoms with E-state index in [0.29, 0.717) is 0 Å². The SMILES string of the molecule is Nc1ccc(N)cc1.O=Cc1ccccc1.O=[N+]([O-])c1cnc(Cl)[nH]1. The Kier molecular flexibility index (Phi) is 8.17. The first-order valence-electron chi connectivity index (χ1n) is 6.88. The highest BCUT2D eigenvalue weighted by molar-refractivity contribution is 6.28. The lowest BCUT2D eigenvalue weighted by molar-refractivity contribution is -0.389. The predicted molar refractivity (Wildman–Crippen MR) is 97.3 cm³/mol. The van der Waals surface area contributed by atoms with Gasteiger partial charge in [0.1, 0.15) is 12.5 Å². The molecular formula is C16H16ClN5O3. The number of rotatable bonds is 2. The van der Waals surface area contributed by atoms with Gasteiger partial charge >= 0.3 is 5.82 Å². The average Bonchev–Trinajstić information content (AvgIpc) is 3.06. The van der Waals surface area contributed by atoms with Gasteiger partial charge in [0.2, 0.25) is 0 Å². The highest BCUT2D eigenvalue weighted by atomic mass is 35.5. The number of halogens is 1. The molecular weight excluding hydrogens is 346 g/mol. The van der Waals surface area contributed by atoms with Gasteiger partial charge in [-0.15, -0.1) is 0 Å². The molecule has 0 saturated carbocycles. The van der Waals surface area contributed by atoms with E-state index in [1.165, 1.54) is 0 Å². The smallest absolute Gasteiger partial charge is 0.341 e. The Hall–Kier alpha value is -3.39. The minimum Gasteiger partial charge on any atom is -0.399 e. The lowest BCUT2D eigenvalue weighted by Crippen LogP contribution is -1.86. The second kappa shape index (κ2) is 10.4. The minimum atomic E-state index is -0.598. The van der Waals surface area contributed by atoms with Gasteiger partial charge in [0.15, 0.2) is 0 Å². The maximum atomic E-state index is 10.0. The molecule has 0 amide bonds. The molecule has 0 spiro atoms. The van der Waals surface area contributed by atoms with Crippen molar-refractivity contribution in [2.24, 2.45) is 0 Å². The minimum absolute atomic E-state index is 0.0294. The fourth-order valence-electron chi connectivity index (χ4n) is 1.41. The topological polar surface area (TPSA) is 141 Å². The van der Waals surface area contributed by atoms with Crippen LogP contribution in [-0.4, -0.2) is 21.2 Å². The highest BCUT2D eigenvalue weighted by Gasteiger charge is 2.05. The molecule has 8 nitrogen and oxygen atoms in total. The van der Waals surface area contributed by atoms with Gasteiger partial charge in [0, 0.05) is 16.9 Å². The van der Waals surface area contributed by atoms with Crippen molar-refractivity contribution in [3.05, 3.63) is 81.8 Å². The summed E-state index contributed by atoms with van der Waals surface area (Å²) in [4.78, 5) is 24.9. The number of nitrogen functional groups attached to an aromatic ring is 2. The van der Waals surface area contributed by atoms with Gasteiger partial charge in [-0.25, -0.2) is 4.98 Å². The number of nitro groups is 1. The number of nitrogens with two attached hydrogens (primary N) is 2. The fourth-order valence-corrected chi connectivity index (χ4v) is 1.55. The average molecular weight is 362 g/mol. The first-order chi connectivity index (χ1) is 11.9. The molecule has 0 unspecified atom stereocenters. The number of carbonyl (C=O) groups is 1. The Morgan fingerprint density at radius 2 is 1.56 bits per heavy atom. The zero-order valence-corrected chi connectivity index (χ0v) is 13.8. The number of hydrogen-bond acceptors (Lipinski definition) is 6. The predicted octanol–water partition coefficient (Wildman–Crippen LogP) is 3.32. The standard InChI is InChI=1S/C7H6O.C6H8N2.C3H2ClN3O2/c8-6-7-4-2-1-3-5-7;7-5-1-2-6(8)4-3-5;4-3-5-1-2(6-3)7(8)9/h1-6H;1-4H,7-8H2;1H,(H,5,6). The van der Waals surface area contributed by atoms with Crippen LogP contribution in [0.2, 0.25) is 5.28 Å². The van der Waals surface area contributed by atoms with Crippen molar-refractivity contribution >= 4 is 35.1 Å². The lowest BCUT2D eigenvalue weighted by atomic mass is 10.2. The quantitative estimate of drug-likeness (QED) is 0.276. The van der Waals surface area contributed by atoms with Gasteiger partial charge in [0.25, 0.3) is 5.28 Å². The van der Waals surface area contributed by atoms with Crippen molar-refractivity contribution in [3.8, 4) is 0 Å². The van der Waals surface area contributed by atoms with Crippen LogP contribution in [0.3, 0.4) is 0 Å². The molecule has 2 aromatic carbocycles. The third-order valence-corrected chi connectivity index (χ3v) is 2.79. The molecule has 3 aromatic rings. The number of benzene rings is 2. The van der Waals surface area contributed by atoms with Crippen LogP contribution in [-0.2, 0) is 0 Å². The summed E-state index contributed by atoms with van der Waals surface area (Å²) in [7, 11) is 0. The zero-order chi connectivity index (χ0) is 18.7. The Morgan fingerprint density at radius 3 is 1.84 bits per heavy atom. The van der Waals surface area contributed by atoms with Gasteiger partial charge < -0.3 is 21.6 Å². The maximum absolute atomic E-state index is 10.0. The van der Waals surface area contributed by atoms with Crippen LogP contribution < -0.4 is 11.5 Å². The van der Waals surface area contributed by atoms with E-state index >= 15 is 0 Å². The Bertz CT molecular complexity index is 770. The molecule has 0 fully saturated rings. The summed E-state index contributed by atoms with van der Waals surface area (Å²) in [5, 5.41) is 9.92. The number of nitrogens with one attached hydrogen (secondary N) is 1. The van der Waals surface area contributed by atoms with Gasteiger partial charge in [0.05, 0.1) is 0 Å². The van der Waals surface area contributed by atoms with Crippen LogP contribution in [0.25, 0.3) is 0 Å². The number of hydrogen-bond donors (Lipinski definition) is 3. The van der Waals surface area contributed by atoms with Gasteiger partial charge in [-0.3, -0.25) is 4.79 Å². The molecule has 1 heterocycles. The van der Waals surface area contributed by atoms with Crippen molar-refractivity contribution in [2.45, 2.75) is 0 Å². The van der Waals surface area contributed by atoms with Crippen molar-refractivity contribution in [3.63, 3.8) is 0 Å². The maximum Gasteiger partial charge on any atom is 0.341 e. The largest absolute Gasteiger partial charge is 0.399 e. The van der Waals surface area contributed by atoms with E-state index in [1.54, 1.807) is 36.4 Å². The van der Waals surface area contributed by atoms with Crippen LogP contribution in [0.5, 0.6) is 0 Å². The van der Waals surface area contributed by atoms with E-state index in [9.17, 15) is 14.9 Å². The second-order valence-corrected chi connectivity index (χ2v) is 4.87. The van der Waals surface area contributed by atoms with Crippen LogP contribution in [0, 0.1) is 10.1 Å². The van der Waals surface area contributed by atoms with Crippen LogP contribution in [0.4, 0.5) is 17.2 Å². The lowest BCUT2D eigenvalue weighted by Gasteiger charge is -1.90. The highest BCUT2D eigenvalue weighted by Crippen LogP contribution is 2.08. The molecule has 1 aromatic heterocycles. The van der Waals surface area contributed by atoms with Crippen LogP contribution in [0.15, 0.2) is 60.8 Å². The molecule has 0 saturated heterocycles. The third-order valence-electron chi connectivity index (χ3n) is 2.60. The summed E-state index contributed by atoms with van der Waals surface area (Å²) >= 11 is 5.23. The molecule has 5 N–H and O–H groups in total. The summed E-state index contributed by atoms with van der Waals surface area (Å²) in [6, 6.07) is 16.2. The van der Waals surface area contributed by atoms with Gasteiger partial charge in [-0.1, -0.05) is 30.3 Å². The van der Waals surface area contributed by atoms with E-state index in [2.05, 4.69) is 9.97 Å². The number of carbonyl (C=O) groups excluding carboxylic acids is 1. The molecule has 0 bridgehead atoms. The van der Waals surface area contributed by atoms with Crippen LogP contribution >= 0.6 is 11.6 Å². The number of aromatic nitrogens is 2. The number of aromatic amines is 1. The molecule has 0 aliphatic heterocycles. The molecule has 9 heteroatoms. The number of anilines is 2. The Labute approximate surface area is 148 Å². The zero-order valence-electron chi connectivity index (χ0n) is 13.0.